The maximum atomic E-state index is 14.1. The third-order valence-electron chi connectivity index (χ3n) is 7.24. The SMILES string of the molecule is CCN1CCC(CC(=O)N2CCn3c(nc(-c4ccc(F)cc4)c3Nc3ccc(Cl)c(F)c3)C2)CC1. The predicted octanol–water partition coefficient (Wildman–Crippen LogP) is 5.69. The second-order valence-electron chi connectivity index (χ2n) is 9.53. The van der Waals surface area contributed by atoms with Crippen LogP contribution in [-0.4, -0.2) is 51.4 Å². The molecule has 0 bridgehead atoms. The fourth-order valence-electron chi connectivity index (χ4n) is 5.07. The third kappa shape index (κ3) is 5.25. The van der Waals surface area contributed by atoms with Crippen LogP contribution in [0.4, 0.5) is 20.3 Å². The van der Waals surface area contributed by atoms with E-state index < -0.39 is 5.82 Å². The van der Waals surface area contributed by atoms with Crippen LogP contribution in [0, 0.1) is 17.6 Å². The van der Waals surface area contributed by atoms with E-state index in [1.54, 1.807) is 18.2 Å². The van der Waals surface area contributed by atoms with E-state index in [2.05, 4.69) is 17.1 Å². The number of piperidine rings is 1. The number of benzene rings is 2. The highest BCUT2D eigenvalue weighted by atomic mass is 35.5. The van der Waals surface area contributed by atoms with Crippen molar-refractivity contribution in [3.63, 3.8) is 0 Å². The molecule has 2 aliphatic rings. The van der Waals surface area contributed by atoms with E-state index in [-0.39, 0.29) is 16.7 Å². The lowest BCUT2D eigenvalue weighted by Gasteiger charge is -2.33. The van der Waals surface area contributed by atoms with Crippen molar-refractivity contribution >= 4 is 29.0 Å². The Morgan fingerprint density at radius 1 is 1.08 bits per heavy atom. The van der Waals surface area contributed by atoms with Gasteiger partial charge in [-0.05, 0) is 80.9 Å². The lowest BCUT2D eigenvalue weighted by Crippen LogP contribution is -2.41. The van der Waals surface area contributed by atoms with Crippen molar-refractivity contribution in [3.05, 3.63) is 64.9 Å². The van der Waals surface area contributed by atoms with Gasteiger partial charge in [0.2, 0.25) is 5.91 Å². The van der Waals surface area contributed by atoms with Gasteiger partial charge in [0.1, 0.15) is 29.0 Å². The van der Waals surface area contributed by atoms with Crippen molar-refractivity contribution in [3.8, 4) is 11.3 Å². The Morgan fingerprint density at radius 3 is 2.53 bits per heavy atom. The number of halogens is 3. The zero-order valence-electron chi connectivity index (χ0n) is 20.3. The maximum Gasteiger partial charge on any atom is 0.223 e. The minimum atomic E-state index is -0.523. The second kappa shape index (κ2) is 10.6. The molecule has 6 nitrogen and oxygen atoms in total. The Labute approximate surface area is 214 Å². The summed E-state index contributed by atoms with van der Waals surface area (Å²) in [7, 11) is 0. The number of carbonyl (C=O) groups is 1. The first-order valence-electron chi connectivity index (χ1n) is 12.5. The molecule has 1 amide bonds. The molecule has 0 radical (unpaired) electrons. The summed E-state index contributed by atoms with van der Waals surface area (Å²) in [5.74, 6) is 1.15. The zero-order valence-corrected chi connectivity index (χ0v) is 21.1. The van der Waals surface area contributed by atoms with E-state index in [9.17, 15) is 13.6 Å². The van der Waals surface area contributed by atoms with E-state index in [0.29, 0.717) is 49.2 Å². The lowest BCUT2D eigenvalue weighted by molar-refractivity contribution is -0.134. The molecule has 3 heterocycles. The van der Waals surface area contributed by atoms with E-state index in [4.69, 9.17) is 16.6 Å². The number of anilines is 2. The Hall–Kier alpha value is -2.97. The molecule has 0 spiro atoms. The number of imidazole rings is 1. The van der Waals surface area contributed by atoms with Gasteiger partial charge < -0.3 is 19.7 Å². The molecule has 0 atom stereocenters. The molecule has 2 aliphatic heterocycles. The lowest BCUT2D eigenvalue weighted by atomic mass is 9.93. The Bertz CT molecular complexity index is 1240. The molecule has 190 valence electrons. The fraction of sp³-hybridized carbons (Fsp3) is 0.407. The average molecular weight is 514 g/mol. The summed E-state index contributed by atoms with van der Waals surface area (Å²) in [6.07, 6.45) is 2.68. The quantitative estimate of drug-likeness (QED) is 0.460. The van der Waals surface area contributed by atoms with Crippen LogP contribution in [0.3, 0.4) is 0 Å². The van der Waals surface area contributed by atoms with Crippen molar-refractivity contribution in [2.75, 3.05) is 31.5 Å². The van der Waals surface area contributed by atoms with Crippen LogP contribution in [-0.2, 0) is 17.9 Å². The van der Waals surface area contributed by atoms with Crippen LogP contribution in [0.5, 0.6) is 0 Å². The Balaban J connectivity index is 1.38. The number of aromatic nitrogens is 2. The summed E-state index contributed by atoms with van der Waals surface area (Å²) < 4.78 is 29.7. The van der Waals surface area contributed by atoms with Gasteiger partial charge in [-0.1, -0.05) is 18.5 Å². The molecule has 1 saturated heterocycles. The van der Waals surface area contributed by atoms with E-state index in [0.717, 1.165) is 43.9 Å². The molecular weight excluding hydrogens is 484 g/mol. The number of carbonyl (C=O) groups excluding carboxylic acids is 1. The van der Waals surface area contributed by atoms with Crippen LogP contribution in [0.25, 0.3) is 11.3 Å². The van der Waals surface area contributed by atoms with Gasteiger partial charge in [0.15, 0.2) is 0 Å². The first kappa shape index (κ1) is 24.7. The van der Waals surface area contributed by atoms with Gasteiger partial charge in [-0.3, -0.25) is 4.79 Å². The standard InChI is InChI=1S/C27H30ClF2N5O/c1-2-33-11-9-18(10-12-33)15-25(36)34-13-14-35-24(17-34)32-26(19-3-5-20(29)6-4-19)27(35)31-21-7-8-22(28)23(30)16-21/h3-8,16,18,31H,2,9-15,17H2,1H3. The summed E-state index contributed by atoms with van der Waals surface area (Å²) in [6, 6.07) is 10.6. The van der Waals surface area contributed by atoms with Crippen LogP contribution in [0.1, 0.15) is 32.0 Å². The normalized spacial score (nSPS) is 16.7. The number of rotatable bonds is 6. The second-order valence-corrected chi connectivity index (χ2v) is 9.94. The minimum absolute atomic E-state index is 0.0455. The summed E-state index contributed by atoms with van der Waals surface area (Å²) in [6.45, 7) is 6.88. The van der Waals surface area contributed by atoms with Crippen LogP contribution in [0.2, 0.25) is 5.02 Å². The molecule has 0 aliphatic carbocycles. The molecule has 1 N–H and O–H groups in total. The number of amides is 1. The highest BCUT2D eigenvalue weighted by Crippen LogP contribution is 2.34. The van der Waals surface area contributed by atoms with Crippen molar-refractivity contribution in [2.45, 2.75) is 39.3 Å². The van der Waals surface area contributed by atoms with Crippen molar-refractivity contribution < 1.29 is 13.6 Å². The van der Waals surface area contributed by atoms with Gasteiger partial charge in [0.25, 0.3) is 0 Å². The first-order valence-corrected chi connectivity index (χ1v) is 12.9. The van der Waals surface area contributed by atoms with Gasteiger partial charge in [-0.15, -0.1) is 0 Å². The van der Waals surface area contributed by atoms with E-state index in [1.165, 1.54) is 24.3 Å². The van der Waals surface area contributed by atoms with Gasteiger partial charge in [-0.2, -0.15) is 0 Å². The van der Waals surface area contributed by atoms with E-state index >= 15 is 0 Å². The van der Waals surface area contributed by atoms with E-state index in [1.807, 2.05) is 9.47 Å². The minimum Gasteiger partial charge on any atom is -0.340 e. The molecule has 5 rings (SSSR count). The highest BCUT2D eigenvalue weighted by molar-refractivity contribution is 6.30. The van der Waals surface area contributed by atoms with Gasteiger partial charge in [0.05, 0.1) is 11.6 Å². The largest absolute Gasteiger partial charge is 0.340 e. The van der Waals surface area contributed by atoms with Crippen LogP contribution < -0.4 is 5.32 Å². The first-order chi connectivity index (χ1) is 17.4. The predicted molar refractivity (Wildman–Crippen MR) is 137 cm³/mol. The molecule has 1 fully saturated rings. The summed E-state index contributed by atoms with van der Waals surface area (Å²) >= 11 is 5.85. The molecule has 36 heavy (non-hydrogen) atoms. The highest BCUT2D eigenvalue weighted by Gasteiger charge is 2.29. The van der Waals surface area contributed by atoms with Gasteiger partial charge in [0, 0.05) is 30.8 Å². The zero-order chi connectivity index (χ0) is 25.2. The molecule has 3 aromatic rings. The Morgan fingerprint density at radius 2 is 1.83 bits per heavy atom. The van der Waals surface area contributed by atoms with Crippen LogP contribution in [0.15, 0.2) is 42.5 Å². The van der Waals surface area contributed by atoms with Gasteiger partial charge in [-0.25, -0.2) is 13.8 Å². The number of likely N-dealkylation sites (tertiary alicyclic amines) is 1. The third-order valence-corrected chi connectivity index (χ3v) is 7.55. The molecule has 9 heteroatoms. The van der Waals surface area contributed by atoms with Crippen molar-refractivity contribution in [2.24, 2.45) is 5.92 Å². The number of nitrogens with zero attached hydrogens (tertiary/aromatic N) is 4. The topological polar surface area (TPSA) is 53.4 Å². The number of hydrogen-bond donors (Lipinski definition) is 1. The fourth-order valence-corrected chi connectivity index (χ4v) is 5.19. The summed E-state index contributed by atoms with van der Waals surface area (Å²) in [5.41, 5.74) is 1.89. The van der Waals surface area contributed by atoms with Gasteiger partial charge >= 0.3 is 0 Å². The molecule has 2 aromatic carbocycles. The number of nitrogens with one attached hydrogen (secondary N) is 1. The molecule has 0 saturated carbocycles. The van der Waals surface area contributed by atoms with Crippen molar-refractivity contribution in [1.29, 1.82) is 0 Å². The monoisotopic (exact) mass is 513 g/mol. The molecule has 1 aromatic heterocycles. The molecule has 0 unspecified atom stereocenters. The summed E-state index contributed by atoms with van der Waals surface area (Å²) in [4.78, 5) is 22.3. The number of fused-ring (bicyclic) bond motifs is 1. The molecular formula is C27H30ClF2N5O. The smallest absolute Gasteiger partial charge is 0.223 e. The average Bonchev–Trinajstić information content (AvgIpc) is 3.24. The maximum absolute atomic E-state index is 14.1. The Kier molecular flexibility index (Phi) is 7.25. The van der Waals surface area contributed by atoms with Crippen molar-refractivity contribution in [1.82, 2.24) is 19.4 Å². The van der Waals surface area contributed by atoms with Crippen LogP contribution >= 0.6 is 11.6 Å². The summed E-state index contributed by atoms with van der Waals surface area (Å²) in [5, 5.41) is 3.33. The number of hydrogen-bond acceptors (Lipinski definition) is 4.